The van der Waals surface area contributed by atoms with Crippen molar-refractivity contribution in [2.75, 3.05) is 13.6 Å². The lowest BCUT2D eigenvalue weighted by Gasteiger charge is -2.25. The SMILES string of the molecule is CC(C)Oc1cccc2c1[C@H](C[C@H]1CCCN1C)CC2. The van der Waals surface area contributed by atoms with Crippen molar-refractivity contribution in [3.63, 3.8) is 0 Å². The maximum atomic E-state index is 6.07. The van der Waals surface area contributed by atoms with E-state index in [0.29, 0.717) is 5.92 Å². The van der Waals surface area contributed by atoms with Gasteiger partial charge in [0, 0.05) is 11.6 Å². The van der Waals surface area contributed by atoms with Gasteiger partial charge in [0.2, 0.25) is 0 Å². The molecule has 0 bridgehead atoms. The summed E-state index contributed by atoms with van der Waals surface area (Å²) in [5, 5.41) is 0. The van der Waals surface area contributed by atoms with E-state index in [1.165, 1.54) is 49.8 Å². The van der Waals surface area contributed by atoms with Gasteiger partial charge < -0.3 is 9.64 Å². The third-order valence-electron chi connectivity index (χ3n) is 4.92. The Kier molecular flexibility index (Phi) is 4.02. The van der Waals surface area contributed by atoms with Gasteiger partial charge in [-0.2, -0.15) is 0 Å². The van der Waals surface area contributed by atoms with Gasteiger partial charge in [-0.1, -0.05) is 12.1 Å². The molecule has 2 aliphatic rings. The van der Waals surface area contributed by atoms with E-state index in [2.05, 4.69) is 44.0 Å². The Bertz CT molecular complexity index is 468. The summed E-state index contributed by atoms with van der Waals surface area (Å²) in [6.45, 7) is 5.51. The minimum atomic E-state index is 0.261. The summed E-state index contributed by atoms with van der Waals surface area (Å²) in [6, 6.07) is 7.38. The first-order valence-electron chi connectivity index (χ1n) is 8.14. The van der Waals surface area contributed by atoms with Crippen LogP contribution in [0.25, 0.3) is 0 Å². The van der Waals surface area contributed by atoms with Gasteiger partial charge in [-0.15, -0.1) is 0 Å². The van der Waals surface area contributed by atoms with Crippen LogP contribution in [-0.2, 0) is 6.42 Å². The third-order valence-corrected chi connectivity index (χ3v) is 4.92. The Morgan fingerprint density at radius 1 is 1.30 bits per heavy atom. The molecule has 0 unspecified atom stereocenters. The van der Waals surface area contributed by atoms with E-state index in [4.69, 9.17) is 4.74 Å². The zero-order chi connectivity index (χ0) is 14.1. The molecule has 0 saturated carbocycles. The van der Waals surface area contributed by atoms with Gasteiger partial charge in [0.1, 0.15) is 5.75 Å². The number of ether oxygens (including phenoxy) is 1. The van der Waals surface area contributed by atoms with Gasteiger partial charge in [0.05, 0.1) is 6.10 Å². The molecule has 20 heavy (non-hydrogen) atoms. The minimum absolute atomic E-state index is 0.261. The second kappa shape index (κ2) is 5.77. The normalized spacial score (nSPS) is 26.2. The van der Waals surface area contributed by atoms with Crippen molar-refractivity contribution in [3.05, 3.63) is 29.3 Å². The second-order valence-corrected chi connectivity index (χ2v) is 6.74. The summed E-state index contributed by atoms with van der Waals surface area (Å²) < 4.78 is 6.07. The monoisotopic (exact) mass is 273 g/mol. The molecule has 2 atom stereocenters. The first-order valence-corrected chi connectivity index (χ1v) is 8.14. The molecule has 0 amide bonds. The lowest BCUT2D eigenvalue weighted by molar-refractivity contribution is 0.236. The van der Waals surface area contributed by atoms with Crippen LogP contribution in [-0.4, -0.2) is 30.6 Å². The highest BCUT2D eigenvalue weighted by Gasteiger charge is 2.31. The van der Waals surface area contributed by atoms with Gasteiger partial charge >= 0.3 is 0 Å². The summed E-state index contributed by atoms with van der Waals surface area (Å²) in [5.41, 5.74) is 3.04. The molecule has 1 heterocycles. The molecular weight excluding hydrogens is 246 g/mol. The number of likely N-dealkylation sites (tertiary alicyclic amines) is 1. The highest BCUT2D eigenvalue weighted by atomic mass is 16.5. The maximum absolute atomic E-state index is 6.07. The number of aryl methyl sites for hydroxylation is 1. The molecule has 1 aromatic rings. The average molecular weight is 273 g/mol. The molecule has 110 valence electrons. The molecule has 1 aliphatic carbocycles. The number of rotatable bonds is 4. The van der Waals surface area contributed by atoms with E-state index < -0.39 is 0 Å². The van der Waals surface area contributed by atoms with Gasteiger partial charge in [-0.3, -0.25) is 0 Å². The number of benzene rings is 1. The molecule has 3 rings (SSSR count). The molecule has 0 aromatic heterocycles. The maximum Gasteiger partial charge on any atom is 0.123 e. The Morgan fingerprint density at radius 3 is 2.85 bits per heavy atom. The van der Waals surface area contributed by atoms with Crippen LogP contribution < -0.4 is 4.74 Å². The molecule has 2 nitrogen and oxygen atoms in total. The van der Waals surface area contributed by atoms with Crippen LogP contribution in [0.3, 0.4) is 0 Å². The van der Waals surface area contributed by atoms with Gasteiger partial charge in [0.15, 0.2) is 0 Å². The molecule has 1 aromatic carbocycles. The summed E-state index contributed by atoms with van der Waals surface area (Å²) >= 11 is 0. The second-order valence-electron chi connectivity index (χ2n) is 6.74. The third kappa shape index (κ3) is 2.71. The molecule has 2 heteroatoms. The number of fused-ring (bicyclic) bond motifs is 1. The van der Waals surface area contributed by atoms with Crippen LogP contribution >= 0.6 is 0 Å². The molecule has 0 radical (unpaired) electrons. The van der Waals surface area contributed by atoms with Crippen molar-refractivity contribution in [1.29, 1.82) is 0 Å². The van der Waals surface area contributed by atoms with E-state index in [0.717, 1.165) is 11.8 Å². The number of hydrogen-bond acceptors (Lipinski definition) is 2. The zero-order valence-corrected chi connectivity index (χ0v) is 13.1. The largest absolute Gasteiger partial charge is 0.491 e. The Morgan fingerprint density at radius 2 is 2.15 bits per heavy atom. The fourth-order valence-corrected chi connectivity index (χ4v) is 3.94. The van der Waals surface area contributed by atoms with Crippen molar-refractivity contribution in [2.45, 2.75) is 64.0 Å². The first kappa shape index (κ1) is 13.9. The number of hydrogen-bond donors (Lipinski definition) is 0. The Labute approximate surface area is 123 Å². The highest BCUT2D eigenvalue weighted by molar-refractivity contribution is 5.46. The molecule has 1 fully saturated rings. The average Bonchev–Trinajstić information content (AvgIpc) is 2.98. The van der Waals surface area contributed by atoms with Crippen LogP contribution in [0, 0.1) is 0 Å². The van der Waals surface area contributed by atoms with Crippen molar-refractivity contribution in [2.24, 2.45) is 0 Å². The molecular formula is C18H27NO. The minimum Gasteiger partial charge on any atom is -0.491 e. The topological polar surface area (TPSA) is 12.5 Å². The van der Waals surface area contributed by atoms with Crippen LogP contribution in [0.15, 0.2) is 18.2 Å². The summed E-state index contributed by atoms with van der Waals surface area (Å²) in [7, 11) is 2.28. The Hall–Kier alpha value is -1.02. The fraction of sp³-hybridized carbons (Fsp3) is 0.667. The van der Waals surface area contributed by atoms with Crippen LogP contribution in [0.5, 0.6) is 5.75 Å². The first-order chi connectivity index (χ1) is 9.65. The smallest absolute Gasteiger partial charge is 0.123 e. The quantitative estimate of drug-likeness (QED) is 0.822. The number of nitrogens with zero attached hydrogens (tertiary/aromatic N) is 1. The predicted molar refractivity (Wildman–Crippen MR) is 83.5 cm³/mol. The lowest BCUT2D eigenvalue weighted by atomic mass is 9.92. The summed E-state index contributed by atoms with van der Waals surface area (Å²) in [5.74, 6) is 1.84. The van der Waals surface area contributed by atoms with Gasteiger partial charge in [0.25, 0.3) is 0 Å². The standard InChI is InChI=1S/C18H27NO/c1-13(2)20-17-8-4-6-14-9-10-15(18(14)17)12-16-7-5-11-19(16)3/h4,6,8,13,15-16H,5,7,9-12H2,1-3H3/t15-,16+/m0/s1. The summed E-state index contributed by atoms with van der Waals surface area (Å²) in [4.78, 5) is 2.55. The van der Waals surface area contributed by atoms with E-state index in [1.807, 2.05) is 0 Å². The molecule has 1 saturated heterocycles. The molecule has 0 spiro atoms. The predicted octanol–water partition coefficient (Wildman–Crippen LogP) is 3.99. The lowest BCUT2D eigenvalue weighted by Crippen LogP contribution is -2.26. The van der Waals surface area contributed by atoms with Gasteiger partial charge in [-0.25, -0.2) is 0 Å². The van der Waals surface area contributed by atoms with Crippen LogP contribution in [0.4, 0.5) is 0 Å². The zero-order valence-electron chi connectivity index (χ0n) is 13.1. The van der Waals surface area contributed by atoms with Gasteiger partial charge in [-0.05, 0) is 77.1 Å². The van der Waals surface area contributed by atoms with Crippen molar-refractivity contribution in [3.8, 4) is 5.75 Å². The molecule has 1 aliphatic heterocycles. The van der Waals surface area contributed by atoms with E-state index in [1.54, 1.807) is 0 Å². The summed E-state index contributed by atoms with van der Waals surface area (Å²) in [6.07, 6.45) is 6.84. The van der Waals surface area contributed by atoms with Crippen molar-refractivity contribution in [1.82, 2.24) is 4.90 Å². The van der Waals surface area contributed by atoms with Crippen LogP contribution in [0.2, 0.25) is 0 Å². The molecule has 0 N–H and O–H groups in total. The van der Waals surface area contributed by atoms with Crippen molar-refractivity contribution >= 4 is 0 Å². The van der Waals surface area contributed by atoms with E-state index in [-0.39, 0.29) is 6.10 Å². The van der Waals surface area contributed by atoms with E-state index in [9.17, 15) is 0 Å². The Balaban J connectivity index is 1.80. The van der Waals surface area contributed by atoms with Crippen LogP contribution in [0.1, 0.15) is 56.6 Å². The fourth-order valence-electron chi connectivity index (χ4n) is 3.94. The van der Waals surface area contributed by atoms with Crippen molar-refractivity contribution < 1.29 is 4.74 Å². The van der Waals surface area contributed by atoms with E-state index >= 15 is 0 Å². The highest BCUT2D eigenvalue weighted by Crippen LogP contribution is 2.43.